The molecule has 0 N–H and O–H groups in total. The Hall–Kier alpha value is -4.26. The van der Waals surface area contributed by atoms with Crippen LogP contribution in [-0.4, -0.2) is 66.4 Å². The lowest BCUT2D eigenvalue weighted by atomic mass is 10.00. The lowest BCUT2D eigenvalue weighted by molar-refractivity contribution is -0.139. The predicted octanol–water partition coefficient (Wildman–Crippen LogP) is 8.33. The second kappa shape index (κ2) is 16.6. The molecule has 0 saturated carbocycles. The fourth-order valence-corrected chi connectivity index (χ4v) is 8.14. The fourth-order valence-electron chi connectivity index (χ4n) is 6.94. The number of amides is 1. The maximum atomic E-state index is 14.7. The highest BCUT2D eigenvalue weighted by Gasteiger charge is 2.38. The number of ether oxygens (including phenoxy) is 1. The molecule has 4 aromatic rings. The average Bonchev–Trinajstić information content (AvgIpc) is 3.14. The van der Waals surface area contributed by atoms with E-state index in [1.165, 1.54) is 36.0 Å². The lowest BCUT2D eigenvalue weighted by Crippen LogP contribution is -2.57. The minimum absolute atomic E-state index is 0.0370. The largest absolute Gasteiger partial charge is 0.416 e. The Morgan fingerprint density at radius 3 is 2.35 bits per heavy atom. The Morgan fingerprint density at radius 2 is 1.63 bits per heavy atom. The summed E-state index contributed by atoms with van der Waals surface area (Å²) >= 11 is 1.17. The van der Waals surface area contributed by atoms with Crippen molar-refractivity contribution in [2.75, 3.05) is 38.3 Å². The van der Waals surface area contributed by atoms with Crippen LogP contribution in [0.3, 0.4) is 0 Å². The molecule has 1 fully saturated rings. The summed E-state index contributed by atoms with van der Waals surface area (Å²) in [6.45, 7) is 2.04. The molecule has 6 nitrogen and oxygen atoms in total. The van der Waals surface area contributed by atoms with Gasteiger partial charge in [0.25, 0.3) is 0 Å². The third kappa shape index (κ3) is 8.67. The van der Waals surface area contributed by atoms with Gasteiger partial charge in [-0.3, -0.25) is 14.5 Å². The van der Waals surface area contributed by atoms with Gasteiger partial charge in [-0.05, 0) is 65.8 Å². The Bertz CT molecular complexity index is 1850. The smallest absolute Gasteiger partial charge is 0.383 e. The number of thioether (sulfide) groups is 1. The van der Waals surface area contributed by atoms with Crippen molar-refractivity contribution in [1.82, 2.24) is 9.80 Å². The third-order valence-electron chi connectivity index (χ3n) is 9.65. The van der Waals surface area contributed by atoms with Crippen molar-refractivity contribution >= 4 is 29.1 Å². The van der Waals surface area contributed by atoms with Crippen LogP contribution in [0.25, 0.3) is 11.1 Å². The molecule has 0 aliphatic carbocycles. The molecule has 0 bridgehead atoms. The standard InChI is InChI=1S/C40H40F5N3O3S/c1-51-22-21-46-20-5-4-11-36(46)48(24-27-12-14-28(15-13-27)29-16-18-32(19-17-29)40(43,44)45)37(50)25-47-34-10-3-2-7-30(34)23-35(49)39(47)52-26-31-8-6-9-33(41)38(31)42/h2-3,6-10,12-19,36,39H,4-5,11,20-26H2,1H3. The van der Waals surface area contributed by atoms with Crippen LogP contribution in [0.1, 0.15) is 41.5 Å². The molecule has 2 atom stereocenters. The molecule has 2 unspecified atom stereocenters. The first-order valence-corrected chi connectivity index (χ1v) is 18.3. The second-order valence-corrected chi connectivity index (χ2v) is 14.1. The van der Waals surface area contributed by atoms with E-state index in [9.17, 15) is 31.5 Å². The summed E-state index contributed by atoms with van der Waals surface area (Å²) in [6, 6.07) is 23.8. The Balaban J connectivity index is 1.28. The van der Waals surface area contributed by atoms with E-state index >= 15 is 0 Å². The van der Waals surface area contributed by atoms with Crippen molar-refractivity contribution in [1.29, 1.82) is 0 Å². The molecule has 274 valence electrons. The molecule has 6 rings (SSSR count). The zero-order chi connectivity index (χ0) is 36.8. The van der Waals surface area contributed by atoms with E-state index < -0.39 is 28.7 Å². The van der Waals surface area contributed by atoms with Gasteiger partial charge >= 0.3 is 6.18 Å². The number of hydrogen-bond acceptors (Lipinski definition) is 6. The van der Waals surface area contributed by atoms with Crippen molar-refractivity contribution in [2.45, 2.75) is 55.7 Å². The highest BCUT2D eigenvalue weighted by Crippen LogP contribution is 2.36. The number of benzene rings is 4. The van der Waals surface area contributed by atoms with E-state index in [1.807, 2.05) is 53.4 Å². The number of alkyl halides is 3. The van der Waals surface area contributed by atoms with Gasteiger partial charge in [0.1, 0.15) is 5.37 Å². The van der Waals surface area contributed by atoms with Gasteiger partial charge in [-0.1, -0.05) is 66.7 Å². The van der Waals surface area contributed by atoms with E-state index in [-0.39, 0.29) is 48.7 Å². The van der Waals surface area contributed by atoms with Crippen LogP contribution in [0.4, 0.5) is 27.6 Å². The number of anilines is 1. The molecule has 1 saturated heterocycles. The number of piperidine rings is 1. The van der Waals surface area contributed by atoms with Crippen LogP contribution >= 0.6 is 11.8 Å². The number of fused-ring (bicyclic) bond motifs is 1. The quantitative estimate of drug-likeness (QED) is 0.136. The molecule has 0 spiro atoms. The molecule has 1 amide bonds. The highest BCUT2D eigenvalue weighted by molar-refractivity contribution is 8.00. The zero-order valence-corrected chi connectivity index (χ0v) is 29.6. The summed E-state index contributed by atoms with van der Waals surface area (Å²) in [7, 11) is 1.64. The summed E-state index contributed by atoms with van der Waals surface area (Å²) in [6.07, 6.45) is -1.86. The van der Waals surface area contributed by atoms with Gasteiger partial charge in [-0.15, -0.1) is 11.8 Å². The zero-order valence-electron chi connectivity index (χ0n) is 28.8. The van der Waals surface area contributed by atoms with Crippen LogP contribution < -0.4 is 4.90 Å². The van der Waals surface area contributed by atoms with E-state index in [0.717, 1.165) is 66.4 Å². The van der Waals surface area contributed by atoms with Crippen molar-refractivity contribution in [3.63, 3.8) is 0 Å². The van der Waals surface area contributed by atoms with Crippen molar-refractivity contribution < 1.29 is 36.3 Å². The summed E-state index contributed by atoms with van der Waals surface area (Å²) in [5.74, 6) is -2.20. The number of ketones is 1. The van der Waals surface area contributed by atoms with E-state index in [2.05, 4.69) is 4.90 Å². The SMILES string of the molecule is COCCN1CCCCC1N(Cc1ccc(-c2ccc(C(F)(F)F)cc2)cc1)C(=O)CN1c2ccccc2CC(=O)C1SCc1cccc(F)c1F. The van der Waals surface area contributed by atoms with Gasteiger partial charge in [-0.2, -0.15) is 13.2 Å². The number of methoxy groups -OCH3 is 1. The molecular formula is C40H40F5N3O3S. The maximum Gasteiger partial charge on any atom is 0.416 e. The molecule has 2 aliphatic heterocycles. The average molecular weight is 738 g/mol. The molecule has 0 aromatic heterocycles. The van der Waals surface area contributed by atoms with Gasteiger partial charge in [-0.25, -0.2) is 8.78 Å². The van der Waals surface area contributed by atoms with E-state index in [4.69, 9.17) is 4.74 Å². The molecule has 2 aliphatic rings. The number of para-hydroxylation sites is 1. The van der Waals surface area contributed by atoms with Crippen molar-refractivity contribution in [3.8, 4) is 11.1 Å². The molecule has 2 heterocycles. The van der Waals surface area contributed by atoms with Gasteiger partial charge in [0.2, 0.25) is 5.91 Å². The second-order valence-electron chi connectivity index (χ2n) is 13.1. The van der Waals surface area contributed by atoms with E-state index in [0.29, 0.717) is 18.7 Å². The van der Waals surface area contributed by atoms with Crippen LogP contribution in [0.5, 0.6) is 0 Å². The molecule has 12 heteroatoms. The number of rotatable bonds is 12. The van der Waals surface area contributed by atoms with Crippen LogP contribution in [0, 0.1) is 11.6 Å². The molecule has 52 heavy (non-hydrogen) atoms. The highest BCUT2D eigenvalue weighted by atomic mass is 32.2. The van der Waals surface area contributed by atoms with Gasteiger partial charge in [0.05, 0.1) is 24.9 Å². The number of hydrogen-bond donors (Lipinski definition) is 0. The van der Waals surface area contributed by atoms with Gasteiger partial charge < -0.3 is 14.5 Å². The first-order valence-electron chi connectivity index (χ1n) is 17.2. The summed E-state index contributed by atoms with van der Waals surface area (Å²) < 4.78 is 73.4. The monoisotopic (exact) mass is 737 g/mol. The minimum atomic E-state index is -4.42. The van der Waals surface area contributed by atoms with Crippen LogP contribution in [0.15, 0.2) is 91.0 Å². The first-order chi connectivity index (χ1) is 25.0. The number of carbonyl (C=O) groups excluding carboxylic acids is 2. The molecule has 4 aromatic carbocycles. The predicted molar refractivity (Wildman–Crippen MR) is 192 cm³/mol. The summed E-state index contributed by atoms with van der Waals surface area (Å²) in [5.41, 5.74) is 3.18. The molecule has 0 radical (unpaired) electrons. The maximum absolute atomic E-state index is 14.7. The van der Waals surface area contributed by atoms with Crippen molar-refractivity contribution in [2.24, 2.45) is 0 Å². The number of halogens is 5. The number of carbonyl (C=O) groups is 2. The Morgan fingerprint density at radius 1 is 0.923 bits per heavy atom. The Kier molecular flexibility index (Phi) is 12.0. The number of nitrogens with zero attached hydrogens (tertiary/aromatic N) is 3. The summed E-state index contributed by atoms with van der Waals surface area (Å²) in [4.78, 5) is 34.2. The van der Waals surface area contributed by atoms with Crippen molar-refractivity contribution in [3.05, 3.63) is 125 Å². The summed E-state index contributed by atoms with van der Waals surface area (Å²) in [5, 5.41) is -0.803. The fraction of sp³-hybridized carbons (Fsp3) is 0.350. The third-order valence-corrected chi connectivity index (χ3v) is 11.0. The molecular weight excluding hydrogens is 698 g/mol. The minimum Gasteiger partial charge on any atom is -0.383 e. The Labute approximate surface area is 304 Å². The van der Waals surface area contributed by atoms with Gasteiger partial charge in [0.15, 0.2) is 17.4 Å². The van der Waals surface area contributed by atoms with Crippen LogP contribution in [-0.2, 0) is 39.2 Å². The number of likely N-dealkylation sites (tertiary alicyclic amines) is 1. The topological polar surface area (TPSA) is 53.1 Å². The lowest BCUT2D eigenvalue weighted by Gasteiger charge is -2.44. The normalized spacial score (nSPS) is 18.0. The van der Waals surface area contributed by atoms with E-state index in [1.54, 1.807) is 12.0 Å². The van der Waals surface area contributed by atoms with Crippen LogP contribution in [0.2, 0.25) is 0 Å². The first kappa shape index (κ1) is 37.5. The number of Topliss-reactive ketones (excluding diaryl/α,β-unsaturated/α-hetero) is 1. The van der Waals surface area contributed by atoms with Gasteiger partial charge in [0, 0.05) is 50.2 Å².